The van der Waals surface area contributed by atoms with Gasteiger partial charge in [-0.3, -0.25) is 14.4 Å². The van der Waals surface area contributed by atoms with Crippen molar-refractivity contribution in [2.75, 3.05) is 12.3 Å². The van der Waals surface area contributed by atoms with Gasteiger partial charge in [0, 0.05) is 11.3 Å². The lowest BCUT2D eigenvalue weighted by Gasteiger charge is -2.09. The fourth-order valence-corrected chi connectivity index (χ4v) is 1.35. The van der Waals surface area contributed by atoms with E-state index in [1.807, 2.05) is 0 Å². The summed E-state index contributed by atoms with van der Waals surface area (Å²) in [7, 11) is 0. The number of rotatable bonds is 5. The van der Waals surface area contributed by atoms with Gasteiger partial charge in [0.2, 0.25) is 0 Å². The normalized spacial score (nSPS) is 11.8. The Labute approximate surface area is 96.7 Å². The lowest BCUT2D eigenvalue weighted by Crippen LogP contribution is -2.33. The molecule has 0 aliphatic carbocycles. The SMILES string of the molecule is Nc1cccc(C(=O)C(C(=O)O)C(=O)CO)c1. The smallest absolute Gasteiger partial charge is 0.322 e. The molecule has 0 aliphatic heterocycles. The molecular weight excluding hydrogens is 226 g/mol. The first-order valence-corrected chi connectivity index (χ1v) is 4.73. The zero-order chi connectivity index (χ0) is 13.0. The Morgan fingerprint density at radius 3 is 2.41 bits per heavy atom. The summed E-state index contributed by atoms with van der Waals surface area (Å²) in [5.74, 6) is -5.41. The molecule has 17 heavy (non-hydrogen) atoms. The summed E-state index contributed by atoms with van der Waals surface area (Å²) in [5, 5.41) is 17.4. The second-order valence-electron chi connectivity index (χ2n) is 3.39. The number of anilines is 1. The fraction of sp³-hybridized carbons (Fsp3) is 0.182. The minimum atomic E-state index is -1.89. The van der Waals surface area contributed by atoms with Gasteiger partial charge >= 0.3 is 5.97 Å². The van der Waals surface area contributed by atoms with Gasteiger partial charge in [0.1, 0.15) is 6.61 Å². The number of nitrogen functional groups attached to an aromatic ring is 1. The van der Waals surface area contributed by atoms with Crippen LogP contribution in [0.15, 0.2) is 24.3 Å². The van der Waals surface area contributed by atoms with Crippen molar-refractivity contribution >= 4 is 23.2 Å². The maximum atomic E-state index is 11.8. The number of nitrogens with two attached hydrogens (primary N) is 1. The van der Waals surface area contributed by atoms with Crippen LogP contribution >= 0.6 is 0 Å². The molecule has 0 fully saturated rings. The van der Waals surface area contributed by atoms with Crippen molar-refractivity contribution in [3.05, 3.63) is 29.8 Å². The second-order valence-corrected chi connectivity index (χ2v) is 3.39. The topological polar surface area (TPSA) is 118 Å². The van der Waals surface area contributed by atoms with Crippen molar-refractivity contribution in [1.82, 2.24) is 0 Å². The van der Waals surface area contributed by atoms with E-state index in [1.54, 1.807) is 0 Å². The first-order valence-electron chi connectivity index (χ1n) is 4.73. The van der Waals surface area contributed by atoms with Gasteiger partial charge in [-0.15, -0.1) is 0 Å². The van der Waals surface area contributed by atoms with E-state index in [0.717, 1.165) is 0 Å². The Morgan fingerprint density at radius 1 is 1.29 bits per heavy atom. The first kappa shape index (κ1) is 12.9. The summed E-state index contributed by atoms with van der Waals surface area (Å²) < 4.78 is 0. The number of Topliss-reactive ketones (excluding diaryl/α,β-unsaturated/α-hetero) is 2. The van der Waals surface area contributed by atoms with E-state index in [9.17, 15) is 14.4 Å². The summed E-state index contributed by atoms with van der Waals surface area (Å²) in [4.78, 5) is 33.8. The molecule has 1 atom stereocenters. The van der Waals surface area contributed by atoms with E-state index < -0.39 is 30.1 Å². The van der Waals surface area contributed by atoms with Crippen LogP contribution in [0.2, 0.25) is 0 Å². The monoisotopic (exact) mass is 237 g/mol. The van der Waals surface area contributed by atoms with Gasteiger partial charge in [-0.2, -0.15) is 0 Å². The Balaban J connectivity index is 3.09. The fourth-order valence-electron chi connectivity index (χ4n) is 1.35. The molecule has 0 radical (unpaired) electrons. The van der Waals surface area contributed by atoms with E-state index >= 15 is 0 Å². The number of aliphatic hydroxyl groups is 1. The first-order chi connectivity index (χ1) is 7.97. The van der Waals surface area contributed by atoms with Gasteiger partial charge in [-0.25, -0.2) is 0 Å². The molecule has 1 rings (SSSR count). The number of hydrogen-bond donors (Lipinski definition) is 3. The number of aliphatic hydroxyl groups excluding tert-OH is 1. The molecule has 0 heterocycles. The molecule has 0 amide bonds. The highest BCUT2D eigenvalue weighted by Crippen LogP contribution is 2.13. The number of carboxylic acids is 1. The summed E-state index contributed by atoms with van der Waals surface area (Å²) in [6.45, 7) is -0.995. The van der Waals surface area contributed by atoms with E-state index in [2.05, 4.69) is 0 Å². The molecule has 4 N–H and O–H groups in total. The third-order valence-corrected chi connectivity index (χ3v) is 2.16. The predicted molar refractivity (Wildman–Crippen MR) is 58.4 cm³/mol. The lowest BCUT2D eigenvalue weighted by atomic mass is 9.94. The number of carbonyl (C=O) groups excluding carboxylic acids is 2. The third-order valence-electron chi connectivity index (χ3n) is 2.16. The summed E-state index contributed by atoms with van der Waals surface area (Å²) in [6.07, 6.45) is 0. The number of hydrogen-bond acceptors (Lipinski definition) is 5. The Kier molecular flexibility index (Phi) is 3.95. The lowest BCUT2D eigenvalue weighted by molar-refractivity contribution is -0.144. The van der Waals surface area contributed by atoms with Gasteiger partial charge in [0.05, 0.1) is 0 Å². The minimum absolute atomic E-state index is 0.0270. The summed E-state index contributed by atoms with van der Waals surface area (Å²) in [6, 6.07) is 5.65. The van der Waals surface area contributed by atoms with Crippen LogP contribution in [0.3, 0.4) is 0 Å². The molecule has 0 aliphatic rings. The molecule has 1 aromatic carbocycles. The van der Waals surface area contributed by atoms with Gasteiger partial charge < -0.3 is 15.9 Å². The maximum Gasteiger partial charge on any atom is 0.322 e. The molecule has 1 unspecified atom stereocenters. The van der Waals surface area contributed by atoms with Crippen LogP contribution in [0.1, 0.15) is 10.4 Å². The molecule has 0 saturated carbocycles. The quantitative estimate of drug-likeness (QED) is 0.368. The van der Waals surface area contributed by atoms with E-state index in [1.165, 1.54) is 24.3 Å². The van der Waals surface area contributed by atoms with Crippen molar-refractivity contribution in [3.63, 3.8) is 0 Å². The average molecular weight is 237 g/mol. The Hall–Kier alpha value is -2.21. The highest BCUT2D eigenvalue weighted by atomic mass is 16.4. The van der Waals surface area contributed by atoms with E-state index in [-0.39, 0.29) is 11.3 Å². The van der Waals surface area contributed by atoms with Crippen molar-refractivity contribution in [2.45, 2.75) is 0 Å². The van der Waals surface area contributed by atoms with Crippen LogP contribution in [0.5, 0.6) is 0 Å². The molecule has 0 bridgehead atoms. The third kappa shape index (κ3) is 2.88. The van der Waals surface area contributed by atoms with Gasteiger partial charge in [0.15, 0.2) is 17.5 Å². The molecule has 0 saturated heterocycles. The number of carbonyl (C=O) groups is 3. The zero-order valence-electron chi connectivity index (χ0n) is 8.79. The molecule has 1 aromatic rings. The number of benzene rings is 1. The summed E-state index contributed by atoms with van der Waals surface area (Å²) >= 11 is 0. The van der Waals surface area contributed by atoms with Crippen molar-refractivity contribution in [3.8, 4) is 0 Å². The maximum absolute atomic E-state index is 11.8. The molecule has 90 valence electrons. The molecule has 0 spiro atoms. The molecule has 6 heteroatoms. The minimum Gasteiger partial charge on any atom is -0.480 e. The van der Waals surface area contributed by atoms with Crippen molar-refractivity contribution < 1.29 is 24.6 Å². The molecule has 6 nitrogen and oxygen atoms in total. The number of ketones is 2. The second kappa shape index (κ2) is 5.22. The Morgan fingerprint density at radius 2 is 1.94 bits per heavy atom. The van der Waals surface area contributed by atoms with E-state index in [0.29, 0.717) is 0 Å². The van der Waals surface area contributed by atoms with Crippen molar-refractivity contribution in [2.24, 2.45) is 5.92 Å². The summed E-state index contributed by atoms with van der Waals surface area (Å²) in [5.41, 5.74) is 5.76. The highest BCUT2D eigenvalue weighted by Gasteiger charge is 2.33. The number of aliphatic carboxylic acids is 1. The molecule has 0 aromatic heterocycles. The average Bonchev–Trinajstić information content (AvgIpc) is 2.28. The van der Waals surface area contributed by atoms with Crippen LogP contribution in [0.4, 0.5) is 5.69 Å². The van der Waals surface area contributed by atoms with Crippen LogP contribution in [-0.4, -0.2) is 34.4 Å². The highest BCUT2D eigenvalue weighted by molar-refractivity contribution is 6.22. The largest absolute Gasteiger partial charge is 0.480 e. The van der Waals surface area contributed by atoms with Crippen LogP contribution in [-0.2, 0) is 9.59 Å². The van der Waals surface area contributed by atoms with Crippen molar-refractivity contribution in [1.29, 1.82) is 0 Å². The molecular formula is C11H11NO5. The zero-order valence-corrected chi connectivity index (χ0v) is 8.79. The van der Waals surface area contributed by atoms with Gasteiger partial charge in [-0.1, -0.05) is 12.1 Å². The van der Waals surface area contributed by atoms with Gasteiger partial charge in [0.25, 0.3) is 0 Å². The van der Waals surface area contributed by atoms with Crippen LogP contribution in [0, 0.1) is 5.92 Å². The van der Waals surface area contributed by atoms with Crippen LogP contribution in [0.25, 0.3) is 0 Å². The predicted octanol–water partition coefficient (Wildman–Crippen LogP) is -0.286. The van der Waals surface area contributed by atoms with E-state index in [4.69, 9.17) is 15.9 Å². The van der Waals surface area contributed by atoms with Gasteiger partial charge in [-0.05, 0) is 12.1 Å². The standard InChI is InChI=1S/C11H11NO5/c12-7-3-1-2-6(4-7)10(15)9(11(16)17)8(14)5-13/h1-4,9,13H,5,12H2,(H,16,17). The number of carboxylic acid groups (broad SMARTS) is 1. The van der Waals surface area contributed by atoms with Crippen LogP contribution < -0.4 is 5.73 Å². The Bertz CT molecular complexity index is 469.